The van der Waals surface area contributed by atoms with Crippen molar-refractivity contribution in [1.82, 2.24) is 14.8 Å². The summed E-state index contributed by atoms with van der Waals surface area (Å²) in [6.45, 7) is 4.98. The summed E-state index contributed by atoms with van der Waals surface area (Å²) in [6, 6.07) is 1.94. The molecule has 6 rings (SSSR count). The van der Waals surface area contributed by atoms with Crippen molar-refractivity contribution in [1.29, 1.82) is 0 Å². The Hall–Kier alpha value is -1.78. The molecule has 0 saturated heterocycles. The Morgan fingerprint density at radius 2 is 2.00 bits per heavy atom. The first-order chi connectivity index (χ1) is 15.4. The fourth-order valence-electron chi connectivity index (χ4n) is 8.83. The zero-order valence-corrected chi connectivity index (χ0v) is 19.5. The van der Waals surface area contributed by atoms with Crippen LogP contribution in [0.1, 0.15) is 71.6 Å². The topological polar surface area (TPSA) is 47.8 Å². The predicted molar refractivity (Wildman–Crippen MR) is 123 cm³/mol. The number of rotatable bonds is 3. The number of pyridine rings is 1. The third kappa shape index (κ3) is 2.95. The van der Waals surface area contributed by atoms with Gasteiger partial charge >= 0.3 is 0 Å². The lowest BCUT2D eigenvalue weighted by atomic mass is 9.48. The molecule has 4 saturated carbocycles. The highest BCUT2D eigenvalue weighted by Gasteiger charge is 2.62. The van der Waals surface area contributed by atoms with E-state index in [0.29, 0.717) is 30.1 Å². The number of aromatic nitrogens is 3. The number of nitrogens with zero attached hydrogens (tertiary/aromatic N) is 3. The molecular weight excluding hydrogens is 401 g/mol. The van der Waals surface area contributed by atoms with Crippen LogP contribution in [-0.4, -0.2) is 26.2 Å². The number of carbonyl (C=O) groups is 1. The van der Waals surface area contributed by atoms with E-state index in [2.05, 4.69) is 23.9 Å². The first-order valence-corrected chi connectivity index (χ1v) is 12.9. The Morgan fingerprint density at radius 3 is 2.88 bits per heavy atom. The van der Waals surface area contributed by atoms with Gasteiger partial charge in [0.15, 0.2) is 5.78 Å². The van der Waals surface area contributed by atoms with E-state index in [0.717, 1.165) is 62.3 Å². The van der Waals surface area contributed by atoms with Gasteiger partial charge in [-0.25, -0.2) is 4.39 Å². The molecule has 4 fully saturated rings. The van der Waals surface area contributed by atoms with Gasteiger partial charge in [-0.3, -0.25) is 14.5 Å². The van der Waals surface area contributed by atoms with E-state index in [4.69, 9.17) is 0 Å². The summed E-state index contributed by atoms with van der Waals surface area (Å²) in [7, 11) is 0. The van der Waals surface area contributed by atoms with Crippen LogP contribution in [0.2, 0.25) is 0 Å². The second-order valence-electron chi connectivity index (χ2n) is 11.8. The molecule has 0 N–H and O–H groups in total. The lowest BCUT2D eigenvalue weighted by molar-refractivity contribution is -0.146. The van der Waals surface area contributed by atoms with Gasteiger partial charge in [-0.15, -0.1) is 0 Å². The van der Waals surface area contributed by atoms with Crippen LogP contribution < -0.4 is 0 Å². The fraction of sp³-hybridized carbons (Fsp3) is 0.741. The molecule has 2 aromatic heterocycles. The Bertz CT molecular complexity index is 1030. The number of halogens is 1. The smallest absolute Gasteiger partial charge is 0.157 e. The molecule has 0 radical (unpaired) electrons. The Kier molecular flexibility index (Phi) is 4.79. The van der Waals surface area contributed by atoms with Crippen LogP contribution in [0.3, 0.4) is 0 Å². The maximum Gasteiger partial charge on any atom is 0.157 e. The molecule has 0 aromatic carbocycles. The summed E-state index contributed by atoms with van der Waals surface area (Å²) in [5, 5.41) is 5.49. The first-order valence-electron chi connectivity index (χ1n) is 12.9. The van der Waals surface area contributed by atoms with Crippen molar-refractivity contribution in [2.75, 3.05) is 0 Å². The third-order valence-electron chi connectivity index (χ3n) is 10.4. The molecule has 4 nitrogen and oxygen atoms in total. The first kappa shape index (κ1) is 20.8. The van der Waals surface area contributed by atoms with Gasteiger partial charge in [0.05, 0.1) is 17.9 Å². The molecule has 4 aliphatic carbocycles. The zero-order valence-electron chi connectivity index (χ0n) is 19.5. The molecule has 8 atom stereocenters. The molecule has 0 spiro atoms. The van der Waals surface area contributed by atoms with Gasteiger partial charge in [-0.1, -0.05) is 13.8 Å². The zero-order chi connectivity index (χ0) is 22.1. The Balaban J connectivity index is 1.22. The number of alkyl halides is 1. The lowest BCUT2D eigenvalue weighted by Gasteiger charge is -2.58. The molecule has 0 amide bonds. The molecule has 4 aliphatic rings. The van der Waals surface area contributed by atoms with Crippen molar-refractivity contribution in [3.8, 4) is 0 Å². The number of carbonyl (C=O) groups excluding carboxylic acids is 1. The number of ketones is 1. The monoisotopic (exact) mass is 437 g/mol. The van der Waals surface area contributed by atoms with Crippen molar-refractivity contribution < 1.29 is 9.18 Å². The SMILES string of the molecule is C[C@H]1CC[C@]2(F)C3CC[C@@]4(C)C(CC[C@@H]4C(=O)Cn4ncc5ccncc54)[C@@H]3CC[C@@H]2C1. The summed E-state index contributed by atoms with van der Waals surface area (Å²) >= 11 is 0. The van der Waals surface area contributed by atoms with Crippen LogP contribution in [0.25, 0.3) is 10.9 Å². The van der Waals surface area contributed by atoms with Crippen LogP contribution in [0.4, 0.5) is 4.39 Å². The second-order valence-corrected chi connectivity index (χ2v) is 11.8. The minimum absolute atomic E-state index is 0.0185. The highest BCUT2D eigenvalue weighted by Crippen LogP contribution is 2.66. The summed E-state index contributed by atoms with van der Waals surface area (Å²) in [4.78, 5) is 17.8. The highest BCUT2D eigenvalue weighted by molar-refractivity contribution is 5.84. The van der Waals surface area contributed by atoms with Crippen LogP contribution in [0, 0.1) is 40.9 Å². The quantitative estimate of drug-likeness (QED) is 0.592. The van der Waals surface area contributed by atoms with Crippen molar-refractivity contribution in [3.05, 3.63) is 24.7 Å². The van der Waals surface area contributed by atoms with Gasteiger partial charge in [-0.05, 0) is 98.9 Å². The van der Waals surface area contributed by atoms with Crippen molar-refractivity contribution in [2.24, 2.45) is 40.9 Å². The molecule has 2 unspecified atom stereocenters. The largest absolute Gasteiger partial charge is 0.297 e. The summed E-state index contributed by atoms with van der Waals surface area (Å²) < 4.78 is 18.3. The van der Waals surface area contributed by atoms with Crippen molar-refractivity contribution in [2.45, 2.75) is 83.8 Å². The molecule has 0 bridgehead atoms. The van der Waals surface area contributed by atoms with Crippen molar-refractivity contribution in [3.63, 3.8) is 0 Å². The second kappa shape index (κ2) is 7.36. The Labute approximate surface area is 190 Å². The molecule has 32 heavy (non-hydrogen) atoms. The minimum atomic E-state index is -0.945. The summed E-state index contributed by atoms with van der Waals surface area (Å²) in [5.41, 5.74) is -0.00163. The molecule has 0 aliphatic heterocycles. The van der Waals surface area contributed by atoms with Gasteiger partial charge in [0.25, 0.3) is 0 Å². The molecule has 172 valence electrons. The number of Topliss-reactive ketones (excluding diaryl/α,β-unsaturated/α-hetero) is 1. The van der Waals surface area contributed by atoms with Crippen LogP contribution in [-0.2, 0) is 11.3 Å². The summed E-state index contributed by atoms with van der Waals surface area (Å²) in [6.07, 6.45) is 14.5. The van der Waals surface area contributed by atoms with Crippen LogP contribution >= 0.6 is 0 Å². The van der Waals surface area contributed by atoms with E-state index in [9.17, 15) is 4.79 Å². The van der Waals surface area contributed by atoms with Gasteiger partial charge in [0.2, 0.25) is 0 Å². The van der Waals surface area contributed by atoms with E-state index in [1.165, 1.54) is 6.42 Å². The predicted octanol–water partition coefficient (Wildman–Crippen LogP) is 6.00. The van der Waals surface area contributed by atoms with Gasteiger partial charge in [0.1, 0.15) is 12.2 Å². The third-order valence-corrected chi connectivity index (χ3v) is 10.4. The molecule has 2 heterocycles. The Morgan fingerprint density at radius 1 is 1.12 bits per heavy atom. The maximum absolute atomic E-state index is 16.5. The molecule has 2 aromatic rings. The van der Waals surface area contributed by atoms with Gasteiger partial charge in [0, 0.05) is 17.5 Å². The molecule has 5 heteroatoms. The average molecular weight is 438 g/mol. The van der Waals surface area contributed by atoms with Gasteiger partial charge < -0.3 is 0 Å². The highest BCUT2D eigenvalue weighted by atomic mass is 19.1. The minimum Gasteiger partial charge on any atom is -0.297 e. The number of hydrogen-bond donors (Lipinski definition) is 0. The van der Waals surface area contributed by atoms with Crippen molar-refractivity contribution >= 4 is 16.7 Å². The lowest BCUT2D eigenvalue weighted by Crippen LogP contribution is -2.56. The van der Waals surface area contributed by atoms with E-state index < -0.39 is 5.67 Å². The van der Waals surface area contributed by atoms with E-state index in [1.807, 2.05) is 16.9 Å². The maximum atomic E-state index is 16.5. The summed E-state index contributed by atoms with van der Waals surface area (Å²) in [5.74, 6) is 2.52. The normalized spacial score (nSPS) is 43.5. The number of fused-ring (bicyclic) bond motifs is 6. The average Bonchev–Trinajstić information content (AvgIpc) is 3.35. The standard InChI is InChI=1S/C27H36FN3O/c1-17-7-11-27(28)19(13-17)3-4-20-21-5-6-23(26(21,2)10-8-22(20)27)25(32)16-31-24-15-29-12-9-18(24)14-30-31/h9,12,14-15,17,19-23H,3-8,10-11,13,16H2,1-2H3/t17-,19+,20-,21?,22?,23+,26-,27+/m0/s1. The van der Waals surface area contributed by atoms with Gasteiger partial charge in [-0.2, -0.15) is 5.10 Å². The van der Waals surface area contributed by atoms with Crippen LogP contribution in [0.5, 0.6) is 0 Å². The van der Waals surface area contributed by atoms with Crippen LogP contribution in [0.15, 0.2) is 24.7 Å². The van der Waals surface area contributed by atoms with E-state index >= 15 is 4.39 Å². The molecular formula is C27H36FN3O. The van der Waals surface area contributed by atoms with E-state index in [1.54, 1.807) is 12.4 Å². The number of hydrogen-bond acceptors (Lipinski definition) is 3. The fourth-order valence-corrected chi connectivity index (χ4v) is 8.83. The van der Waals surface area contributed by atoms with E-state index in [-0.39, 0.29) is 23.2 Å².